The standard InChI is InChI=1S/C16H21N3O4S/c1-3-7-17-16(21)14-5-4-6-15(12-14)24(22,23)19-10-8-18(9-11-19)13(2)20/h3-6,12H,1,7-11H2,2H3,(H,17,21). The van der Waals surface area contributed by atoms with Gasteiger partial charge in [-0.1, -0.05) is 12.1 Å². The summed E-state index contributed by atoms with van der Waals surface area (Å²) in [6, 6.07) is 5.94. The van der Waals surface area contributed by atoms with E-state index in [2.05, 4.69) is 11.9 Å². The molecule has 1 aliphatic heterocycles. The van der Waals surface area contributed by atoms with E-state index < -0.39 is 10.0 Å². The lowest BCUT2D eigenvalue weighted by Crippen LogP contribution is -2.49. The summed E-state index contributed by atoms with van der Waals surface area (Å²) in [5, 5.41) is 2.62. The molecule has 0 aliphatic carbocycles. The molecule has 2 rings (SSSR count). The minimum absolute atomic E-state index is 0.0621. The van der Waals surface area contributed by atoms with Crippen molar-refractivity contribution in [3.05, 3.63) is 42.5 Å². The monoisotopic (exact) mass is 351 g/mol. The van der Waals surface area contributed by atoms with Crippen molar-refractivity contribution in [1.82, 2.24) is 14.5 Å². The molecule has 0 spiro atoms. The molecule has 0 saturated carbocycles. The highest BCUT2D eigenvalue weighted by Crippen LogP contribution is 2.19. The van der Waals surface area contributed by atoms with E-state index in [1.807, 2.05) is 0 Å². The molecule has 1 N–H and O–H groups in total. The summed E-state index contributed by atoms with van der Waals surface area (Å²) < 4.78 is 26.8. The molecule has 0 atom stereocenters. The Morgan fingerprint density at radius 2 is 1.92 bits per heavy atom. The second-order valence-corrected chi connectivity index (χ2v) is 7.37. The molecule has 1 aromatic carbocycles. The summed E-state index contributed by atoms with van der Waals surface area (Å²) in [6.07, 6.45) is 1.55. The van der Waals surface area contributed by atoms with Gasteiger partial charge in [-0.15, -0.1) is 6.58 Å². The zero-order valence-corrected chi connectivity index (χ0v) is 14.4. The van der Waals surface area contributed by atoms with Gasteiger partial charge in [-0.2, -0.15) is 4.31 Å². The molecule has 1 saturated heterocycles. The molecule has 0 aromatic heterocycles. The number of nitrogens with zero attached hydrogens (tertiary/aromatic N) is 2. The molecular formula is C16H21N3O4S. The molecule has 1 fully saturated rings. The average Bonchev–Trinajstić information content (AvgIpc) is 2.59. The van der Waals surface area contributed by atoms with Gasteiger partial charge in [-0.25, -0.2) is 8.42 Å². The van der Waals surface area contributed by atoms with Crippen molar-refractivity contribution in [3.63, 3.8) is 0 Å². The van der Waals surface area contributed by atoms with Gasteiger partial charge in [0.15, 0.2) is 0 Å². The lowest BCUT2D eigenvalue weighted by molar-refractivity contribution is -0.129. The van der Waals surface area contributed by atoms with E-state index in [4.69, 9.17) is 0 Å². The average molecular weight is 351 g/mol. The maximum Gasteiger partial charge on any atom is 0.251 e. The Balaban J connectivity index is 2.16. The fourth-order valence-corrected chi connectivity index (χ4v) is 3.93. The number of nitrogens with one attached hydrogen (secondary N) is 1. The summed E-state index contributed by atoms with van der Waals surface area (Å²) in [5.41, 5.74) is 0.278. The normalized spacial score (nSPS) is 15.8. The molecule has 2 amide bonds. The first kappa shape index (κ1) is 18.2. The number of sulfonamides is 1. The molecule has 7 nitrogen and oxygen atoms in total. The zero-order valence-electron chi connectivity index (χ0n) is 13.6. The summed E-state index contributed by atoms with van der Waals surface area (Å²) >= 11 is 0. The van der Waals surface area contributed by atoms with Crippen LogP contribution in [-0.2, 0) is 14.8 Å². The summed E-state index contributed by atoms with van der Waals surface area (Å²) in [5.74, 6) is -0.415. The number of hydrogen-bond donors (Lipinski definition) is 1. The van der Waals surface area contributed by atoms with Crippen LogP contribution >= 0.6 is 0 Å². The minimum atomic E-state index is -3.69. The van der Waals surface area contributed by atoms with Crippen molar-refractivity contribution in [3.8, 4) is 0 Å². The first-order chi connectivity index (χ1) is 11.4. The lowest BCUT2D eigenvalue weighted by Gasteiger charge is -2.33. The number of piperazine rings is 1. The zero-order chi connectivity index (χ0) is 17.7. The molecule has 24 heavy (non-hydrogen) atoms. The highest BCUT2D eigenvalue weighted by molar-refractivity contribution is 7.89. The third kappa shape index (κ3) is 4.01. The SMILES string of the molecule is C=CCNC(=O)c1cccc(S(=O)(=O)N2CCN(C(C)=O)CC2)c1. The summed E-state index contributed by atoms with van der Waals surface area (Å²) in [4.78, 5) is 25.0. The van der Waals surface area contributed by atoms with Gasteiger partial charge in [0.2, 0.25) is 15.9 Å². The third-order valence-electron chi connectivity index (χ3n) is 3.82. The minimum Gasteiger partial charge on any atom is -0.349 e. The van der Waals surface area contributed by atoms with Crippen LogP contribution in [0.5, 0.6) is 0 Å². The Labute approximate surface area is 142 Å². The molecule has 0 bridgehead atoms. The number of carbonyl (C=O) groups excluding carboxylic acids is 2. The predicted octanol–water partition coefficient (Wildman–Crippen LogP) is 0.455. The van der Waals surface area contributed by atoms with Gasteiger partial charge >= 0.3 is 0 Å². The van der Waals surface area contributed by atoms with Crippen molar-refractivity contribution in [2.45, 2.75) is 11.8 Å². The van der Waals surface area contributed by atoms with Crippen LogP contribution < -0.4 is 5.32 Å². The van der Waals surface area contributed by atoms with Gasteiger partial charge in [0.25, 0.3) is 5.91 Å². The smallest absolute Gasteiger partial charge is 0.251 e. The van der Waals surface area contributed by atoms with Crippen LogP contribution in [0.15, 0.2) is 41.8 Å². The van der Waals surface area contributed by atoms with E-state index in [0.29, 0.717) is 19.6 Å². The van der Waals surface area contributed by atoms with Crippen LogP contribution in [0.3, 0.4) is 0 Å². The maximum atomic E-state index is 12.7. The van der Waals surface area contributed by atoms with Crippen molar-refractivity contribution >= 4 is 21.8 Å². The summed E-state index contributed by atoms with van der Waals surface area (Å²) in [7, 11) is -3.69. The Bertz CT molecular complexity index is 737. The van der Waals surface area contributed by atoms with E-state index in [-0.39, 0.29) is 35.4 Å². The van der Waals surface area contributed by atoms with Crippen LogP contribution in [0.1, 0.15) is 17.3 Å². The molecule has 8 heteroatoms. The van der Waals surface area contributed by atoms with Crippen LogP contribution in [0.4, 0.5) is 0 Å². The Kier molecular flexibility index (Phi) is 5.74. The highest BCUT2D eigenvalue weighted by Gasteiger charge is 2.29. The molecule has 130 valence electrons. The molecule has 1 heterocycles. The van der Waals surface area contributed by atoms with Crippen molar-refractivity contribution in [2.24, 2.45) is 0 Å². The number of hydrogen-bond acceptors (Lipinski definition) is 4. The largest absolute Gasteiger partial charge is 0.349 e. The second-order valence-electron chi connectivity index (χ2n) is 5.44. The van der Waals surface area contributed by atoms with Crippen LogP contribution in [0.2, 0.25) is 0 Å². The number of benzene rings is 1. The van der Waals surface area contributed by atoms with Gasteiger partial charge in [0.05, 0.1) is 4.90 Å². The maximum absolute atomic E-state index is 12.7. The van der Waals surface area contributed by atoms with E-state index in [1.165, 1.54) is 23.4 Å². The van der Waals surface area contributed by atoms with Crippen LogP contribution in [0, 0.1) is 0 Å². The van der Waals surface area contributed by atoms with E-state index in [0.717, 1.165) is 0 Å². The number of carbonyl (C=O) groups is 2. The topological polar surface area (TPSA) is 86.8 Å². The Morgan fingerprint density at radius 3 is 2.50 bits per heavy atom. The first-order valence-electron chi connectivity index (χ1n) is 7.61. The molecule has 1 aromatic rings. The van der Waals surface area contributed by atoms with Crippen LogP contribution in [0.25, 0.3) is 0 Å². The molecule has 0 unspecified atom stereocenters. The number of rotatable bonds is 5. The molecule has 0 radical (unpaired) electrons. The fraction of sp³-hybridized carbons (Fsp3) is 0.375. The Hall–Kier alpha value is -2.19. The fourth-order valence-electron chi connectivity index (χ4n) is 2.46. The van der Waals surface area contributed by atoms with Gasteiger partial charge in [-0.05, 0) is 18.2 Å². The molecule has 1 aliphatic rings. The lowest BCUT2D eigenvalue weighted by atomic mass is 10.2. The Morgan fingerprint density at radius 1 is 1.25 bits per heavy atom. The summed E-state index contributed by atoms with van der Waals surface area (Å²) in [6.45, 7) is 6.52. The molecular weight excluding hydrogens is 330 g/mol. The number of amides is 2. The first-order valence-corrected chi connectivity index (χ1v) is 9.05. The van der Waals surface area contributed by atoms with Crippen molar-refractivity contribution in [2.75, 3.05) is 32.7 Å². The van der Waals surface area contributed by atoms with Crippen molar-refractivity contribution < 1.29 is 18.0 Å². The van der Waals surface area contributed by atoms with Gasteiger partial charge in [0.1, 0.15) is 0 Å². The van der Waals surface area contributed by atoms with Gasteiger partial charge in [-0.3, -0.25) is 9.59 Å². The van der Waals surface area contributed by atoms with Gasteiger partial charge in [0, 0.05) is 45.2 Å². The van der Waals surface area contributed by atoms with E-state index in [1.54, 1.807) is 23.1 Å². The van der Waals surface area contributed by atoms with E-state index >= 15 is 0 Å². The van der Waals surface area contributed by atoms with E-state index in [9.17, 15) is 18.0 Å². The third-order valence-corrected chi connectivity index (χ3v) is 5.72. The quantitative estimate of drug-likeness (QED) is 0.781. The predicted molar refractivity (Wildman–Crippen MR) is 90.0 cm³/mol. The van der Waals surface area contributed by atoms with Gasteiger partial charge < -0.3 is 10.2 Å². The second kappa shape index (κ2) is 7.59. The highest BCUT2D eigenvalue weighted by atomic mass is 32.2. The van der Waals surface area contributed by atoms with Crippen LogP contribution in [-0.4, -0.2) is 62.2 Å². The van der Waals surface area contributed by atoms with Crippen molar-refractivity contribution in [1.29, 1.82) is 0 Å².